The zero-order valence-electron chi connectivity index (χ0n) is 18.8. The number of carbonyl (C=O) groups excluding carboxylic acids is 1. The summed E-state index contributed by atoms with van der Waals surface area (Å²) in [5.41, 5.74) is 1.13. The Bertz CT molecular complexity index is 1350. The van der Waals surface area contributed by atoms with Crippen LogP contribution in [0.15, 0.2) is 43.1 Å². The molecule has 0 spiro atoms. The number of carbonyl (C=O) groups is 1. The van der Waals surface area contributed by atoms with Crippen molar-refractivity contribution in [1.29, 1.82) is 0 Å². The molecule has 180 valence electrons. The fraction of sp³-hybridized carbons (Fsp3) is 0.240. The van der Waals surface area contributed by atoms with Gasteiger partial charge in [0.2, 0.25) is 11.6 Å². The monoisotopic (exact) mass is 514 g/mol. The first kappa shape index (κ1) is 24.6. The van der Waals surface area contributed by atoms with Crippen LogP contribution in [-0.4, -0.2) is 42.1 Å². The van der Waals surface area contributed by atoms with E-state index < -0.39 is 5.82 Å². The summed E-state index contributed by atoms with van der Waals surface area (Å²) in [6.07, 6.45) is 3.85. The van der Waals surface area contributed by atoms with Crippen molar-refractivity contribution < 1.29 is 18.7 Å². The molecule has 0 saturated carbocycles. The Hall–Kier alpha value is -3.54. The molecule has 1 aliphatic heterocycles. The van der Waals surface area contributed by atoms with Gasteiger partial charge in [0.1, 0.15) is 6.10 Å². The molecule has 1 aromatic heterocycles. The lowest BCUT2D eigenvalue weighted by Gasteiger charge is -2.31. The van der Waals surface area contributed by atoms with Gasteiger partial charge in [-0.2, -0.15) is 0 Å². The Morgan fingerprint density at radius 3 is 2.71 bits per heavy atom. The molecule has 1 N–H and O–H groups in total. The molecule has 2 heterocycles. The van der Waals surface area contributed by atoms with Crippen LogP contribution < -0.4 is 14.8 Å². The fourth-order valence-corrected chi connectivity index (χ4v) is 4.23. The quantitative estimate of drug-likeness (QED) is 0.230. The number of methoxy groups -OCH3 is 1. The van der Waals surface area contributed by atoms with Crippen LogP contribution in [0.2, 0.25) is 10.0 Å². The van der Waals surface area contributed by atoms with Crippen LogP contribution in [0.5, 0.6) is 11.5 Å². The number of anilines is 2. The zero-order valence-corrected chi connectivity index (χ0v) is 20.3. The number of likely N-dealkylation sites (tertiary alicyclic amines) is 1. The van der Waals surface area contributed by atoms with E-state index in [-0.39, 0.29) is 33.4 Å². The normalized spacial score (nSPS) is 13.9. The predicted molar refractivity (Wildman–Crippen MR) is 135 cm³/mol. The summed E-state index contributed by atoms with van der Waals surface area (Å²) in [4.78, 5) is 21.5. The van der Waals surface area contributed by atoms with Gasteiger partial charge in [-0.05, 0) is 24.3 Å². The van der Waals surface area contributed by atoms with Gasteiger partial charge in [0.15, 0.2) is 17.3 Å². The highest BCUT2D eigenvalue weighted by Gasteiger charge is 2.24. The molecule has 0 radical (unpaired) electrons. The van der Waals surface area contributed by atoms with Crippen LogP contribution >= 0.6 is 23.2 Å². The lowest BCUT2D eigenvalue weighted by Crippen LogP contribution is -2.41. The highest BCUT2D eigenvalue weighted by molar-refractivity contribution is 6.42. The van der Waals surface area contributed by atoms with Gasteiger partial charge in [0.25, 0.3) is 0 Å². The number of hydrogen-bond acceptors (Lipinski definition) is 5. The lowest BCUT2D eigenvalue weighted by molar-refractivity contribution is -0.127. The Morgan fingerprint density at radius 1 is 1.31 bits per heavy atom. The van der Waals surface area contributed by atoms with Gasteiger partial charge in [-0.15, -0.1) is 0 Å². The molecule has 0 bridgehead atoms. The lowest BCUT2D eigenvalue weighted by atomic mass is 10.1. The molecule has 0 atom stereocenters. The van der Waals surface area contributed by atoms with Crippen LogP contribution in [0.25, 0.3) is 15.7 Å². The Kier molecular flexibility index (Phi) is 7.29. The van der Waals surface area contributed by atoms with E-state index in [1.54, 1.807) is 17.0 Å². The van der Waals surface area contributed by atoms with Gasteiger partial charge in [-0.1, -0.05) is 29.8 Å². The van der Waals surface area contributed by atoms with Crippen LogP contribution in [0.4, 0.5) is 21.5 Å². The van der Waals surface area contributed by atoms with Crippen molar-refractivity contribution in [3.63, 3.8) is 0 Å². The van der Waals surface area contributed by atoms with Crippen LogP contribution in [0, 0.1) is 12.4 Å². The maximum absolute atomic E-state index is 14.8. The van der Waals surface area contributed by atoms with Crippen molar-refractivity contribution in [2.45, 2.75) is 18.9 Å². The van der Waals surface area contributed by atoms with Gasteiger partial charge >= 0.3 is 0 Å². The third kappa shape index (κ3) is 4.97. The molecule has 1 fully saturated rings. The minimum atomic E-state index is -0.731. The van der Waals surface area contributed by atoms with Crippen LogP contribution in [0.3, 0.4) is 0 Å². The number of rotatable bonds is 6. The molecule has 1 amide bonds. The smallest absolute Gasteiger partial charge is 0.245 e. The summed E-state index contributed by atoms with van der Waals surface area (Å²) < 4.78 is 26.5. The topological polar surface area (TPSA) is 68.0 Å². The molecule has 2 aromatic carbocycles. The molecule has 3 aromatic rings. The Labute approximate surface area is 211 Å². The standard InChI is InChI=1S/C25H21Cl2FN4O3/c1-4-22(33)32-9-7-14(8-10-32)35-21-11-15-18(12-20(21)34-3)30-13-19(29-2)25(15)31-17-6-5-16(26)23(27)24(17)28/h4-6,11-14H,1,7-10H2,3H3,(H,30,31). The maximum Gasteiger partial charge on any atom is 0.245 e. The average molecular weight is 515 g/mol. The van der Waals surface area contributed by atoms with E-state index in [0.29, 0.717) is 54.0 Å². The first-order valence-electron chi connectivity index (χ1n) is 10.7. The minimum Gasteiger partial charge on any atom is -0.493 e. The molecule has 7 nitrogen and oxygen atoms in total. The van der Waals surface area contributed by atoms with E-state index in [1.165, 1.54) is 31.5 Å². The van der Waals surface area contributed by atoms with Crippen molar-refractivity contribution in [3.8, 4) is 11.5 Å². The molecule has 1 saturated heterocycles. The summed E-state index contributed by atoms with van der Waals surface area (Å²) in [7, 11) is 1.52. The number of pyridine rings is 1. The average Bonchev–Trinajstić information content (AvgIpc) is 2.88. The first-order valence-corrected chi connectivity index (χ1v) is 11.5. The number of aromatic nitrogens is 1. The van der Waals surface area contributed by atoms with E-state index >= 15 is 0 Å². The van der Waals surface area contributed by atoms with Gasteiger partial charge in [0.05, 0.1) is 40.6 Å². The number of ether oxygens (including phenoxy) is 2. The van der Waals surface area contributed by atoms with E-state index in [0.717, 1.165) is 0 Å². The van der Waals surface area contributed by atoms with Gasteiger partial charge < -0.3 is 19.7 Å². The molecular formula is C25H21Cl2FN4O3. The van der Waals surface area contributed by atoms with Crippen molar-refractivity contribution in [2.75, 3.05) is 25.5 Å². The number of halogens is 3. The third-order valence-electron chi connectivity index (χ3n) is 5.77. The summed E-state index contributed by atoms with van der Waals surface area (Å²) in [5, 5.41) is 3.38. The summed E-state index contributed by atoms with van der Waals surface area (Å²) in [6, 6.07) is 6.33. The highest BCUT2D eigenvalue weighted by atomic mass is 35.5. The number of nitrogens with zero attached hydrogens (tertiary/aromatic N) is 3. The summed E-state index contributed by atoms with van der Waals surface area (Å²) in [6.45, 7) is 12.2. The second-order valence-corrected chi connectivity index (χ2v) is 8.63. The van der Waals surface area contributed by atoms with Gasteiger partial charge in [-0.25, -0.2) is 9.24 Å². The van der Waals surface area contributed by atoms with E-state index in [4.69, 9.17) is 39.2 Å². The second kappa shape index (κ2) is 10.4. The third-order valence-corrected chi connectivity index (χ3v) is 6.55. The maximum atomic E-state index is 14.8. The second-order valence-electron chi connectivity index (χ2n) is 7.84. The van der Waals surface area contributed by atoms with Crippen molar-refractivity contribution >= 4 is 57.1 Å². The molecule has 1 aliphatic rings. The SMILES string of the molecule is [C-]#[N+]c1cnc2cc(OC)c(OC3CCN(C(=O)C=C)CC3)cc2c1Nc1ccc(Cl)c(Cl)c1F. The molecule has 0 unspecified atom stereocenters. The molecular weight excluding hydrogens is 494 g/mol. The molecule has 4 rings (SSSR count). The molecule has 10 heteroatoms. The first-order chi connectivity index (χ1) is 16.9. The number of hydrogen-bond donors (Lipinski definition) is 1. The fourth-order valence-electron chi connectivity index (χ4n) is 3.92. The van der Waals surface area contributed by atoms with Crippen LogP contribution in [-0.2, 0) is 4.79 Å². The van der Waals surface area contributed by atoms with Crippen molar-refractivity contribution in [1.82, 2.24) is 9.88 Å². The summed E-state index contributed by atoms with van der Waals surface area (Å²) in [5.74, 6) is 0.0903. The largest absolute Gasteiger partial charge is 0.493 e. The number of benzene rings is 2. The Morgan fingerprint density at radius 2 is 2.06 bits per heavy atom. The zero-order chi connectivity index (χ0) is 25.1. The van der Waals surface area contributed by atoms with Crippen LogP contribution in [0.1, 0.15) is 12.8 Å². The molecule has 0 aliphatic carbocycles. The summed E-state index contributed by atoms with van der Waals surface area (Å²) >= 11 is 11.9. The Balaban J connectivity index is 1.71. The predicted octanol–water partition coefficient (Wildman–Crippen LogP) is 6.54. The van der Waals surface area contributed by atoms with Gasteiger partial charge in [0, 0.05) is 43.6 Å². The van der Waals surface area contributed by atoms with E-state index in [1.807, 2.05) is 0 Å². The number of amides is 1. The number of piperidine rings is 1. The number of fused-ring (bicyclic) bond motifs is 1. The van der Waals surface area contributed by atoms with Crippen molar-refractivity contribution in [2.24, 2.45) is 0 Å². The van der Waals surface area contributed by atoms with E-state index in [9.17, 15) is 9.18 Å². The van der Waals surface area contributed by atoms with Crippen molar-refractivity contribution in [3.05, 3.63) is 70.4 Å². The van der Waals surface area contributed by atoms with E-state index in [2.05, 4.69) is 21.7 Å². The molecule has 35 heavy (non-hydrogen) atoms. The highest BCUT2D eigenvalue weighted by Crippen LogP contribution is 2.42. The van der Waals surface area contributed by atoms with Gasteiger partial charge in [-0.3, -0.25) is 9.78 Å². The number of nitrogens with one attached hydrogen (secondary N) is 1. The minimum absolute atomic E-state index is 0.0642.